The quantitative estimate of drug-likeness (QED) is 0.706. The molecule has 14 heavy (non-hydrogen) atoms. The van der Waals surface area contributed by atoms with Gasteiger partial charge in [0.25, 0.3) is 0 Å². The summed E-state index contributed by atoms with van der Waals surface area (Å²) in [4.78, 5) is 12.4. The largest absolute Gasteiger partial charge is 0.494 e. The first-order valence-corrected chi connectivity index (χ1v) is 5.97. The highest BCUT2D eigenvalue weighted by molar-refractivity contribution is 7.17. The second-order valence-corrected chi connectivity index (χ2v) is 4.39. The molecule has 0 saturated carbocycles. The van der Waals surface area contributed by atoms with E-state index >= 15 is 0 Å². The van der Waals surface area contributed by atoms with Crippen LogP contribution in [-0.4, -0.2) is 12.4 Å². The van der Waals surface area contributed by atoms with Crippen LogP contribution in [0.1, 0.15) is 16.9 Å². The summed E-state index contributed by atoms with van der Waals surface area (Å²) in [6, 6.07) is 2.04. The average molecular weight is 231 g/mol. The lowest BCUT2D eigenvalue weighted by atomic mass is 10.1. The van der Waals surface area contributed by atoms with Gasteiger partial charge in [-0.25, -0.2) is 0 Å². The van der Waals surface area contributed by atoms with Crippen LogP contribution >= 0.6 is 20.0 Å². The van der Waals surface area contributed by atoms with Crippen LogP contribution in [-0.2, 0) is 20.3 Å². The molecule has 1 aromatic heterocycles. The van der Waals surface area contributed by atoms with Gasteiger partial charge < -0.3 is 0 Å². The number of hydrogen-bond acceptors (Lipinski definition) is 4. The third-order valence-corrected chi connectivity index (χ3v) is 3.24. The number of carbonyl (C=O) groups excluding carboxylic acids is 1. The van der Waals surface area contributed by atoms with Crippen molar-refractivity contribution in [1.82, 2.24) is 0 Å². The summed E-state index contributed by atoms with van der Waals surface area (Å²) in [5.41, 5.74) is 1.23. The van der Waals surface area contributed by atoms with Crippen molar-refractivity contribution in [3.8, 4) is 0 Å². The van der Waals surface area contributed by atoms with Gasteiger partial charge in [-0.3, -0.25) is 4.79 Å². The molecule has 1 rings (SSSR count). The Labute approximate surface area is 88.4 Å². The number of hydrogen-bond donors (Lipinski definition) is 0. The van der Waals surface area contributed by atoms with Gasteiger partial charge in [-0.2, -0.15) is 0 Å². The van der Waals surface area contributed by atoms with Crippen molar-refractivity contribution in [2.75, 3.05) is 6.61 Å². The van der Waals surface area contributed by atoms with Gasteiger partial charge in [-0.1, -0.05) is 0 Å². The van der Waals surface area contributed by atoms with Crippen molar-refractivity contribution < 1.29 is 13.9 Å². The summed E-state index contributed by atoms with van der Waals surface area (Å²) in [6.07, 6.45) is 1.22. The lowest BCUT2D eigenvalue weighted by molar-refractivity contribution is -0.120. The van der Waals surface area contributed by atoms with Crippen molar-refractivity contribution >= 4 is 25.8 Å². The molecular weight excluding hydrogens is 219 g/mol. The average Bonchev–Trinajstić information content (AvgIpc) is 2.58. The second kappa shape index (κ2) is 6.02. The molecule has 1 unspecified atom stereocenters. The van der Waals surface area contributed by atoms with E-state index in [9.17, 15) is 9.36 Å². The monoisotopic (exact) mass is 231 g/mol. The normalized spacial score (nSPS) is 10.6. The second-order valence-electron chi connectivity index (χ2n) is 2.94. The van der Waals surface area contributed by atoms with Crippen LogP contribution in [0.5, 0.6) is 0 Å². The number of aryl methyl sites for hydroxylation is 2. The highest BCUT2D eigenvalue weighted by Crippen LogP contribution is 2.17. The fraction of sp³-hybridized carbons (Fsp3) is 0.444. The molecule has 0 radical (unpaired) electrons. The molecule has 1 atom stereocenters. The van der Waals surface area contributed by atoms with E-state index in [-0.39, 0.29) is 12.4 Å². The van der Waals surface area contributed by atoms with Gasteiger partial charge in [-0.05, 0) is 34.9 Å². The van der Waals surface area contributed by atoms with E-state index in [4.69, 9.17) is 0 Å². The van der Waals surface area contributed by atoms with Crippen LogP contribution < -0.4 is 0 Å². The van der Waals surface area contributed by atoms with Crippen molar-refractivity contribution in [3.63, 3.8) is 0 Å². The van der Waals surface area contributed by atoms with E-state index in [0.29, 0.717) is 6.42 Å². The number of Topliss-reactive ketones (excluding diaryl/α,β-unsaturated/α-hetero) is 1. The maximum atomic E-state index is 11.2. The van der Waals surface area contributed by atoms with Crippen molar-refractivity contribution in [2.45, 2.75) is 19.8 Å². The molecule has 5 heteroatoms. The molecule has 1 aromatic rings. The number of rotatable bonds is 6. The molecule has 0 amide bonds. The van der Waals surface area contributed by atoms with Crippen LogP contribution in [0, 0.1) is 6.92 Å². The first-order chi connectivity index (χ1) is 6.74. The van der Waals surface area contributed by atoms with Crippen molar-refractivity contribution in [2.24, 2.45) is 0 Å². The maximum absolute atomic E-state index is 11.2. The van der Waals surface area contributed by atoms with Crippen molar-refractivity contribution in [1.29, 1.82) is 0 Å². The molecule has 0 aliphatic rings. The first-order valence-electron chi connectivity index (χ1n) is 4.27. The summed E-state index contributed by atoms with van der Waals surface area (Å²) in [7, 11) is -0.843. The Morgan fingerprint density at radius 3 is 3.00 bits per heavy atom. The van der Waals surface area contributed by atoms with E-state index in [1.165, 1.54) is 10.4 Å². The molecule has 0 spiro atoms. The highest BCUT2D eigenvalue weighted by atomic mass is 32.1. The Balaban J connectivity index is 2.30. The first kappa shape index (κ1) is 11.5. The fourth-order valence-electron chi connectivity index (χ4n) is 1.10. The van der Waals surface area contributed by atoms with Gasteiger partial charge >= 0.3 is 8.69 Å². The van der Waals surface area contributed by atoms with Gasteiger partial charge in [0.15, 0.2) is 12.4 Å². The Morgan fingerprint density at radius 1 is 1.64 bits per heavy atom. The zero-order valence-electron chi connectivity index (χ0n) is 7.91. The smallest absolute Gasteiger partial charge is 0.297 e. The predicted molar refractivity (Wildman–Crippen MR) is 57.3 cm³/mol. The van der Waals surface area contributed by atoms with Crippen LogP contribution in [0.3, 0.4) is 0 Å². The zero-order chi connectivity index (χ0) is 10.4. The minimum atomic E-state index is -0.843. The van der Waals surface area contributed by atoms with Crippen LogP contribution in [0.2, 0.25) is 0 Å². The minimum Gasteiger partial charge on any atom is -0.297 e. The minimum absolute atomic E-state index is 0.00106. The summed E-state index contributed by atoms with van der Waals surface area (Å²) >= 11 is 1.66. The van der Waals surface area contributed by atoms with Gasteiger partial charge in [-0.15, -0.1) is 15.9 Å². The third kappa shape index (κ3) is 3.66. The summed E-state index contributed by atoms with van der Waals surface area (Å²) in [6.45, 7) is 2.00. The van der Waals surface area contributed by atoms with Crippen molar-refractivity contribution in [3.05, 3.63) is 21.9 Å². The third-order valence-electron chi connectivity index (χ3n) is 1.89. The molecule has 0 aromatic carbocycles. The maximum Gasteiger partial charge on any atom is 0.494 e. The van der Waals surface area contributed by atoms with Crippen LogP contribution in [0.15, 0.2) is 11.4 Å². The number of thiophene rings is 1. The van der Waals surface area contributed by atoms with E-state index in [1.54, 1.807) is 11.3 Å². The van der Waals surface area contributed by atoms with Crippen LogP contribution in [0.25, 0.3) is 0 Å². The standard InChI is InChI=1S/C9H12O3PS/c1-7-4-5-14-9(7)3-2-8(10)6-12-13-11/h4-5,13H,2-3,6H2,1H3/q+1. The van der Waals surface area contributed by atoms with Gasteiger partial charge in [0.2, 0.25) is 0 Å². The molecule has 0 fully saturated rings. The number of carbonyl (C=O) groups is 1. The van der Waals surface area contributed by atoms with Gasteiger partial charge in [0, 0.05) is 11.3 Å². The van der Waals surface area contributed by atoms with Gasteiger partial charge in [0.05, 0.1) is 0 Å². The molecule has 0 aliphatic heterocycles. The zero-order valence-corrected chi connectivity index (χ0v) is 9.73. The molecule has 0 N–H and O–H groups in total. The molecule has 0 saturated heterocycles. The Bertz CT molecular complexity index is 322. The molecule has 0 aliphatic carbocycles. The van der Waals surface area contributed by atoms with E-state index in [0.717, 1.165) is 6.42 Å². The summed E-state index contributed by atoms with van der Waals surface area (Å²) in [5, 5.41) is 2.02. The SMILES string of the molecule is Cc1ccsc1CCC(=O)CO[PH+]=O. The van der Waals surface area contributed by atoms with E-state index in [2.05, 4.69) is 4.52 Å². The molecule has 76 valence electrons. The number of ketones is 1. The van der Waals surface area contributed by atoms with E-state index in [1.807, 2.05) is 18.4 Å². The molecule has 0 bridgehead atoms. The lowest BCUT2D eigenvalue weighted by Gasteiger charge is -1.96. The lowest BCUT2D eigenvalue weighted by Crippen LogP contribution is -2.05. The summed E-state index contributed by atoms with van der Waals surface area (Å²) in [5.74, 6) is 0.00106. The Morgan fingerprint density at radius 2 is 2.43 bits per heavy atom. The predicted octanol–water partition coefficient (Wildman–Crippen LogP) is 2.51. The van der Waals surface area contributed by atoms with Crippen LogP contribution in [0.4, 0.5) is 0 Å². The topological polar surface area (TPSA) is 43.4 Å². The molecular formula is C9H12O3PS+. The molecule has 1 heterocycles. The Kier molecular flexibility index (Phi) is 4.94. The summed E-state index contributed by atoms with van der Waals surface area (Å²) < 4.78 is 14.5. The Hall–Kier alpha value is -0.570. The van der Waals surface area contributed by atoms with Gasteiger partial charge in [0.1, 0.15) is 0 Å². The van der Waals surface area contributed by atoms with E-state index < -0.39 is 8.69 Å². The fourth-order valence-corrected chi connectivity index (χ4v) is 2.23. The highest BCUT2D eigenvalue weighted by Gasteiger charge is 2.07. The molecule has 3 nitrogen and oxygen atoms in total.